The van der Waals surface area contributed by atoms with Gasteiger partial charge in [0.15, 0.2) is 23.1 Å². The Morgan fingerprint density at radius 2 is 0.377 bits per heavy atom. The van der Waals surface area contributed by atoms with Gasteiger partial charge in [-0.15, -0.1) is 0 Å². The molecule has 0 unspecified atom stereocenters. The molecule has 0 aliphatic heterocycles. The van der Waals surface area contributed by atoms with E-state index in [0.29, 0.717) is 25.7 Å². The largest absolute Gasteiger partial charge is 0.294 e. The van der Waals surface area contributed by atoms with Crippen molar-refractivity contribution < 1.29 is 19.2 Å². The second kappa shape index (κ2) is 20.3. The minimum absolute atomic E-state index is 0.0467. The van der Waals surface area contributed by atoms with Gasteiger partial charge in [-0.3, -0.25) is 19.2 Å². The summed E-state index contributed by atoms with van der Waals surface area (Å²) in [5.41, 5.74) is 7.41. The third kappa shape index (κ3) is 8.63. The molecule has 0 aliphatic carbocycles. The van der Waals surface area contributed by atoms with Crippen LogP contribution in [-0.4, -0.2) is 31.2 Å². The maximum Gasteiger partial charge on any atom is 0.160 e. The first-order chi connectivity index (χ1) is 37.5. The Bertz CT molecular complexity index is 3860. The Labute approximate surface area is 450 Å². The Kier molecular flexibility index (Phi) is 13.0. The molecular weight excluding hydrogens is 957 g/mol. The number of rotatable bonds is 16. The van der Waals surface area contributed by atoms with Crippen LogP contribution in [0.2, 0.25) is 24.2 Å². The molecule has 0 N–H and O–H groups in total. The van der Waals surface area contributed by atoms with Gasteiger partial charge < -0.3 is 0 Å². The fourth-order valence-corrected chi connectivity index (χ4v) is 18.4. The fraction of sp³-hybridized carbons (Fsp3) is 0.167. The van der Waals surface area contributed by atoms with Gasteiger partial charge in [-0.1, -0.05) is 218 Å². The van der Waals surface area contributed by atoms with Crippen molar-refractivity contribution in [2.24, 2.45) is 0 Å². The van der Waals surface area contributed by atoms with Gasteiger partial charge in [0.05, 0.1) is 8.07 Å². The molecule has 0 saturated carbocycles. The SMILES string of the molecule is CC(=O)c1c(CC[Si](CCc2c(C(C)=O)c3ccccc3c3ccccc23)(CCc2c(C(C)=O)c3ccccc3c3ccccc23)CCc2c(C(C)=O)c3ccccc3c3ccccc23)c2ccccc2c2ccccc12. The van der Waals surface area contributed by atoms with Crippen molar-refractivity contribution in [2.45, 2.75) is 77.6 Å². The van der Waals surface area contributed by atoms with E-state index in [0.717, 1.165) is 155 Å². The van der Waals surface area contributed by atoms with E-state index < -0.39 is 8.07 Å². The van der Waals surface area contributed by atoms with Crippen molar-refractivity contribution in [3.63, 3.8) is 0 Å². The van der Waals surface area contributed by atoms with E-state index >= 15 is 0 Å². The first kappa shape index (κ1) is 49.5. The van der Waals surface area contributed by atoms with Crippen molar-refractivity contribution in [1.82, 2.24) is 0 Å². The molecule has 0 amide bonds. The molecule has 0 atom stereocenters. The average Bonchev–Trinajstić information content (AvgIpc) is 3.51. The average molecular weight is 1020 g/mol. The molecule has 0 aliphatic rings. The highest BCUT2D eigenvalue weighted by molar-refractivity contribution is 6.80. The van der Waals surface area contributed by atoms with Crippen LogP contribution in [0.1, 0.15) is 91.4 Å². The van der Waals surface area contributed by atoms with Crippen LogP contribution in [0.25, 0.3) is 86.2 Å². The van der Waals surface area contributed by atoms with Gasteiger partial charge in [-0.05, 0) is 162 Å². The highest BCUT2D eigenvalue weighted by Crippen LogP contribution is 2.44. The summed E-state index contributed by atoms with van der Waals surface area (Å²) in [5, 5.41) is 17.1. The third-order valence-corrected chi connectivity index (χ3v) is 22.4. The molecule has 77 heavy (non-hydrogen) atoms. The molecule has 0 spiro atoms. The number of benzene rings is 12. The lowest BCUT2D eigenvalue weighted by molar-refractivity contribution is 0.101. The second-order valence-electron chi connectivity index (χ2n) is 21.5. The zero-order valence-electron chi connectivity index (χ0n) is 44.3. The van der Waals surface area contributed by atoms with Crippen LogP contribution >= 0.6 is 0 Å². The number of aryl methyl sites for hydroxylation is 4. The van der Waals surface area contributed by atoms with Gasteiger partial charge in [0, 0.05) is 22.3 Å². The van der Waals surface area contributed by atoms with Crippen LogP contribution in [0.4, 0.5) is 0 Å². The number of Topliss-reactive ketones (excluding diaryl/α,β-unsaturated/α-hetero) is 4. The van der Waals surface area contributed by atoms with Gasteiger partial charge >= 0.3 is 0 Å². The highest BCUT2D eigenvalue weighted by atomic mass is 28.3. The van der Waals surface area contributed by atoms with Crippen LogP contribution in [0.15, 0.2) is 194 Å². The highest BCUT2D eigenvalue weighted by Gasteiger charge is 2.36. The van der Waals surface area contributed by atoms with Crippen LogP contribution in [0.5, 0.6) is 0 Å². The summed E-state index contributed by atoms with van der Waals surface area (Å²) in [7, 11) is -2.82. The predicted octanol–water partition coefficient (Wildman–Crippen LogP) is 18.4. The number of carbonyl (C=O) groups excluding carboxylic acids is 4. The summed E-state index contributed by atoms with van der Waals surface area (Å²) in [6.07, 6.45) is 2.67. The summed E-state index contributed by atoms with van der Waals surface area (Å²) in [4.78, 5) is 57.2. The minimum atomic E-state index is -2.82. The van der Waals surface area contributed by atoms with E-state index in [1.807, 2.05) is 24.3 Å². The molecular formula is C72H60O4Si. The van der Waals surface area contributed by atoms with Gasteiger partial charge in [0.2, 0.25) is 0 Å². The lowest BCUT2D eigenvalue weighted by Crippen LogP contribution is -2.37. The maximum atomic E-state index is 14.3. The summed E-state index contributed by atoms with van der Waals surface area (Å²) >= 11 is 0. The topological polar surface area (TPSA) is 68.3 Å². The number of carbonyl (C=O) groups is 4. The fourth-order valence-electron chi connectivity index (χ4n) is 13.8. The summed E-state index contributed by atoms with van der Waals surface area (Å²) in [6, 6.07) is 70.8. The summed E-state index contributed by atoms with van der Waals surface area (Å²) < 4.78 is 0. The van der Waals surface area contributed by atoms with Crippen molar-refractivity contribution >= 4 is 117 Å². The number of hydrogen-bond acceptors (Lipinski definition) is 4. The number of hydrogen-bond donors (Lipinski definition) is 0. The summed E-state index contributed by atoms with van der Waals surface area (Å²) in [6.45, 7) is 6.84. The molecule has 0 fully saturated rings. The van der Waals surface area contributed by atoms with Gasteiger partial charge in [0.1, 0.15) is 0 Å². The lowest BCUT2D eigenvalue weighted by Gasteiger charge is -2.35. The minimum Gasteiger partial charge on any atom is -0.294 e. The zero-order valence-corrected chi connectivity index (χ0v) is 45.3. The zero-order chi connectivity index (χ0) is 53.0. The van der Waals surface area contributed by atoms with E-state index in [1.165, 1.54) is 0 Å². The molecule has 0 radical (unpaired) electrons. The van der Waals surface area contributed by atoms with Crippen LogP contribution < -0.4 is 0 Å². The monoisotopic (exact) mass is 1020 g/mol. The quantitative estimate of drug-likeness (QED) is 0.0549. The van der Waals surface area contributed by atoms with E-state index in [-0.39, 0.29) is 23.1 Å². The predicted molar refractivity (Wildman–Crippen MR) is 326 cm³/mol. The molecule has 0 bridgehead atoms. The first-order valence-electron chi connectivity index (χ1n) is 27.3. The van der Waals surface area contributed by atoms with Crippen molar-refractivity contribution in [3.05, 3.63) is 239 Å². The standard InChI is InChI=1S/C72H60O4Si/c1-45(73)69-61-33-17-13-25-53(61)49-21-5-9-29-57(49)65(69)37-41-77(42-38-66-58-30-10-6-22-50(58)54-26-14-18-34-62(54)70(66)46(2)74,43-39-67-59-31-11-7-23-51(59)55-27-15-19-35-63(55)71(67)47(3)75)44-40-68-60-32-12-8-24-52(60)56-28-16-20-36-64(56)72(68)48(4)76/h5-36H,37-44H2,1-4H3. The lowest BCUT2D eigenvalue weighted by atomic mass is 9.88. The Balaban J connectivity index is 1.11. The van der Waals surface area contributed by atoms with Crippen LogP contribution in [0.3, 0.4) is 0 Å². The molecule has 0 aromatic heterocycles. The molecule has 0 saturated heterocycles. The first-order valence-corrected chi connectivity index (χ1v) is 30.1. The van der Waals surface area contributed by atoms with E-state index in [1.54, 1.807) is 27.7 Å². The third-order valence-electron chi connectivity index (χ3n) is 17.2. The smallest absolute Gasteiger partial charge is 0.160 e. The normalized spacial score (nSPS) is 12.0. The summed E-state index contributed by atoms with van der Waals surface area (Å²) in [5.74, 6) is 0.187. The van der Waals surface area contributed by atoms with Crippen molar-refractivity contribution in [3.8, 4) is 0 Å². The Hall–Kier alpha value is -8.38. The van der Waals surface area contributed by atoms with Gasteiger partial charge in [-0.2, -0.15) is 0 Å². The number of ketones is 4. The van der Waals surface area contributed by atoms with Crippen molar-refractivity contribution in [2.75, 3.05) is 0 Å². The molecule has 12 aromatic rings. The molecule has 12 aromatic carbocycles. The second-order valence-corrected chi connectivity index (χ2v) is 26.5. The van der Waals surface area contributed by atoms with Gasteiger partial charge in [0.25, 0.3) is 0 Å². The van der Waals surface area contributed by atoms with Crippen LogP contribution in [0, 0.1) is 0 Å². The molecule has 376 valence electrons. The van der Waals surface area contributed by atoms with Gasteiger partial charge in [-0.25, -0.2) is 0 Å². The van der Waals surface area contributed by atoms with Crippen molar-refractivity contribution in [1.29, 1.82) is 0 Å². The Morgan fingerprint density at radius 3 is 0.545 bits per heavy atom. The van der Waals surface area contributed by atoms with E-state index in [9.17, 15) is 19.2 Å². The number of fused-ring (bicyclic) bond motifs is 12. The maximum absolute atomic E-state index is 14.3. The van der Waals surface area contributed by atoms with Crippen LogP contribution in [-0.2, 0) is 25.7 Å². The molecule has 5 heteroatoms. The molecule has 4 nitrogen and oxygen atoms in total. The molecule has 12 rings (SSSR count). The Morgan fingerprint density at radius 1 is 0.234 bits per heavy atom. The van der Waals surface area contributed by atoms with E-state index in [2.05, 4.69) is 170 Å². The van der Waals surface area contributed by atoms with E-state index in [4.69, 9.17) is 0 Å². The molecule has 0 heterocycles.